The number of hydrogen-bond acceptors (Lipinski definition) is 3. The molecule has 2 aromatic rings. The van der Waals surface area contributed by atoms with Gasteiger partial charge in [0.2, 0.25) is 5.91 Å². The highest BCUT2D eigenvalue weighted by Gasteiger charge is 2.52. The van der Waals surface area contributed by atoms with Gasteiger partial charge in [0, 0.05) is 12.0 Å². The zero-order chi connectivity index (χ0) is 20.4. The molecule has 2 saturated heterocycles. The van der Waals surface area contributed by atoms with Gasteiger partial charge >= 0.3 is 0 Å². The van der Waals surface area contributed by atoms with Gasteiger partial charge in [-0.05, 0) is 56.0 Å². The Morgan fingerprint density at radius 1 is 1.14 bits per heavy atom. The topological polar surface area (TPSA) is 58.6 Å². The second kappa shape index (κ2) is 7.90. The van der Waals surface area contributed by atoms with Crippen molar-refractivity contribution in [2.45, 2.75) is 56.7 Å². The normalized spacial score (nSPS) is 26.8. The molecular weight excluding hydrogens is 364 g/mol. The van der Waals surface area contributed by atoms with Crippen LogP contribution in [0.1, 0.15) is 61.0 Å². The number of amides is 2. The van der Waals surface area contributed by atoms with E-state index in [1.54, 1.807) is 7.11 Å². The maximum Gasteiger partial charge on any atom is 0.254 e. The summed E-state index contributed by atoms with van der Waals surface area (Å²) in [5.41, 5.74) is 1.27. The number of carbonyl (C=O) groups is 2. The molecule has 2 aliphatic rings. The standard InChI is InChI=1S/C24H28N2O3/c1-24-16-20(18-11-8-12-19(15-18)29-2)26(23(28)17-9-4-3-5-10-17)21(24)13-6-7-14-22(27)25-24/h3-5,8-12,15,20-21H,6-7,13-14,16H2,1-2H3,(H,25,27)/t20-,21-,24-/m0/s1. The Morgan fingerprint density at radius 3 is 2.69 bits per heavy atom. The van der Waals surface area contributed by atoms with Crippen LogP contribution in [0.5, 0.6) is 5.75 Å². The first-order valence-corrected chi connectivity index (χ1v) is 10.3. The molecule has 4 rings (SSSR count). The van der Waals surface area contributed by atoms with Gasteiger partial charge in [0.15, 0.2) is 0 Å². The molecule has 0 radical (unpaired) electrons. The molecule has 0 spiro atoms. The van der Waals surface area contributed by atoms with Crippen molar-refractivity contribution in [2.24, 2.45) is 0 Å². The number of carbonyl (C=O) groups excluding carboxylic acids is 2. The van der Waals surface area contributed by atoms with Gasteiger partial charge < -0.3 is 15.0 Å². The van der Waals surface area contributed by atoms with Crippen molar-refractivity contribution in [3.05, 3.63) is 65.7 Å². The summed E-state index contributed by atoms with van der Waals surface area (Å²) in [4.78, 5) is 28.1. The number of nitrogens with zero attached hydrogens (tertiary/aromatic N) is 1. The Morgan fingerprint density at radius 2 is 1.93 bits per heavy atom. The van der Waals surface area contributed by atoms with Crippen LogP contribution < -0.4 is 10.1 Å². The zero-order valence-electron chi connectivity index (χ0n) is 17.1. The minimum Gasteiger partial charge on any atom is -0.497 e. The summed E-state index contributed by atoms with van der Waals surface area (Å²) < 4.78 is 5.42. The summed E-state index contributed by atoms with van der Waals surface area (Å²) in [6, 6.07) is 17.2. The molecule has 5 heteroatoms. The first-order valence-electron chi connectivity index (χ1n) is 10.3. The highest BCUT2D eigenvalue weighted by Crippen LogP contribution is 2.46. The third-order valence-corrected chi connectivity index (χ3v) is 6.31. The van der Waals surface area contributed by atoms with Crippen LogP contribution in [0.3, 0.4) is 0 Å². The average molecular weight is 392 g/mol. The van der Waals surface area contributed by atoms with Crippen molar-refractivity contribution in [1.29, 1.82) is 0 Å². The molecule has 1 N–H and O–H groups in total. The lowest BCUT2D eigenvalue weighted by Gasteiger charge is -2.38. The molecule has 2 amide bonds. The molecule has 3 atom stereocenters. The molecule has 5 nitrogen and oxygen atoms in total. The monoisotopic (exact) mass is 392 g/mol. The lowest BCUT2D eigenvalue weighted by molar-refractivity contribution is -0.123. The van der Waals surface area contributed by atoms with Gasteiger partial charge in [-0.1, -0.05) is 36.8 Å². The van der Waals surface area contributed by atoms with E-state index in [0.29, 0.717) is 18.4 Å². The lowest BCUT2D eigenvalue weighted by Crippen LogP contribution is -2.56. The fourth-order valence-electron chi connectivity index (χ4n) is 4.90. The van der Waals surface area contributed by atoms with Crippen LogP contribution in [0.4, 0.5) is 0 Å². The number of methoxy groups -OCH3 is 1. The van der Waals surface area contributed by atoms with E-state index in [1.165, 1.54) is 0 Å². The third-order valence-electron chi connectivity index (χ3n) is 6.31. The summed E-state index contributed by atoms with van der Waals surface area (Å²) >= 11 is 0. The van der Waals surface area contributed by atoms with Crippen LogP contribution in [0.25, 0.3) is 0 Å². The number of hydrogen-bond donors (Lipinski definition) is 1. The average Bonchev–Trinajstić information content (AvgIpc) is 3.01. The molecule has 0 unspecified atom stereocenters. The predicted molar refractivity (Wildman–Crippen MR) is 112 cm³/mol. The van der Waals surface area contributed by atoms with Crippen LogP contribution in [-0.2, 0) is 4.79 Å². The van der Waals surface area contributed by atoms with Crippen LogP contribution in [-0.4, -0.2) is 35.4 Å². The molecule has 2 aliphatic heterocycles. The summed E-state index contributed by atoms with van der Waals surface area (Å²) in [6.45, 7) is 2.09. The van der Waals surface area contributed by atoms with Gasteiger partial charge in [0.1, 0.15) is 5.75 Å². The van der Waals surface area contributed by atoms with Crippen LogP contribution in [0.2, 0.25) is 0 Å². The summed E-state index contributed by atoms with van der Waals surface area (Å²) in [5.74, 6) is 0.866. The number of rotatable bonds is 3. The fraction of sp³-hybridized carbons (Fsp3) is 0.417. The van der Waals surface area contributed by atoms with Gasteiger partial charge in [-0.2, -0.15) is 0 Å². The van der Waals surface area contributed by atoms with Crippen LogP contribution in [0.15, 0.2) is 54.6 Å². The van der Waals surface area contributed by atoms with E-state index < -0.39 is 5.54 Å². The van der Waals surface area contributed by atoms with E-state index in [-0.39, 0.29) is 23.9 Å². The van der Waals surface area contributed by atoms with Crippen molar-refractivity contribution in [1.82, 2.24) is 10.2 Å². The maximum atomic E-state index is 13.6. The minimum atomic E-state index is -0.449. The van der Waals surface area contributed by atoms with E-state index in [2.05, 4.69) is 12.2 Å². The number of benzene rings is 2. The van der Waals surface area contributed by atoms with Crippen molar-refractivity contribution in [3.8, 4) is 5.75 Å². The van der Waals surface area contributed by atoms with Gasteiger partial charge in [0.05, 0.1) is 24.7 Å². The van der Waals surface area contributed by atoms with Crippen molar-refractivity contribution >= 4 is 11.8 Å². The molecule has 29 heavy (non-hydrogen) atoms. The Bertz CT molecular complexity index is 898. The Hall–Kier alpha value is -2.82. The van der Waals surface area contributed by atoms with Crippen molar-refractivity contribution < 1.29 is 14.3 Å². The zero-order valence-corrected chi connectivity index (χ0v) is 17.1. The summed E-state index contributed by atoms with van der Waals surface area (Å²) in [7, 11) is 1.65. The second-order valence-electron chi connectivity index (χ2n) is 8.30. The largest absolute Gasteiger partial charge is 0.497 e. The number of fused-ring (bicyclic) bond motifs is 1. The number of likely N-dealkylation sites (tertiary alicyclic amines) is 1. The Kier molecular flexibility index (Phi) is 5.31. The van der Waals surface area contributed by atoms with E-state index in [1.807, 2.05) is 59.5 Å². The van der Waals surface area contributed by atoms with Gasteiger partial charge in [0.25, 0.3) is 5.91 Å². The first-order chi connectivity index (χ1) is 14.0. The molecule has 2 fully saturated rings. The van der Waals surface area contributed by atoms with Gasteiger partial charge in [-0.25, -0.2) is 0 Å². The molecular formula is C24H28N2O3. The molecule has 0 saturated carbocycles. The van der Waals surface area contributed by atoms with E-state index >= 15 is 0 Å². The molecule has 0 bridgehead atoms. The first kappa shape index (κ1) is 19.5. The summed E-state index contributed by atoms with van der Waals surface area (Å²) in [6.07, 6.45) is 3.93. The quantitative estimate of drug-likeness (QED) is 0.856. The Balaban J connectivity index is 1.78. The molecule has 0 aromatic heterocycles. The molecule has 152 valence electrons. The van der Waals surface area contributed by atoms with Gasteiger partial charge in [-0.15, -0.1) is 0 Å². The lowest BCUT2D eigenvalue weighted by atomic mass is 9.85. The predicted octanol–water partition coefficient (Wildman–Crippen LogP) is 4.10. The van der Waals surface area contributed by atoms with Crippen LogP contribution in [0, 0.1) is 0 Å². The minimum absolute atomic E-state index is 0.0157. The van der Waals surface area contributed by atoms with E-state index in [4.69, 9.17) is 4.74 Å². The van der Waals surface area contributed by atoms with Crippen molar-refractivity contribution in [2.75, 3.05) is 7.11 Å². The van der Waals surface area contributed by atoms with Gasteiger partial charge in [-0.3, -0.25) is 9.59 Å². The third kappa shape index (κ3) is 3.74. The highest BCUT2D eigenvalue weighted by atomic mass is 16.5. The molecule has 0 aliphatic carbocycles. The SMILES string of the molecule is COc1cccc([C@@H]2C[C@]3(C)NC(=O)CCCC[C@@H]3N2C(=O)c2ccccc2)c1. The summed E-state index contributed by atoms with van der Waals surface area (Å²) in [5, 5.41) is 3.26. The van der Waals surface area contributed by atoms with E-state index in [9.17, 15) is 9.59 Å². The smallest absolute Gasteiger partial charge is 0.254 e. The molecule has 2 heterocycles. The Labute approximate surface area is 172 Å². The highest BCUT2D eigenvalue weighted by molar-refractivity contribution is 5.95. The number of nitrogens with one attached hydrogen (secondary N) is 1. The molecule has 2 aromatic carbocycles. The number of ether oxygens (including phenoxy) is 1. The van der Waals surface area contributed by atoms with Crippen molar-refractivity contribution in [3.63, 3.8) is 0 Å². The maximum absolute atomic E-state index is 13.6. The van der Waals surface area contributed by atoms with Crippen LogP contribution >= 0.6 is 0 Å². The second-order valence-corrected chi connectivity index (χ2v) is 8.30. The van der Waals surface area contributed by atoms with E-state index in [0.717, 1.165) is 30.6 Å². The fourth-order valence-corrected chi connectivity index (χ4v) is 4.90.